The number of benzene rings is 1. The van der Waals surface area contributed by atoms with E-state index in [-0.39, 0.29) is 6.04 Å². The Labute approximate surface area is 129 Å². The van der Waals surface area contributed by atoms with Crippen molar-refractivity contribution in [3.63, 3.8) is 0 Å². The first-order valence-electron chi connectivity index (χ1n) is 7.43. The lowest BCUT2D eigenvalue weighted by molar-refractivity contribution is -0.00610. The van der Waals surface area contributed by atoms with Crippen LogP contribution in [-0.4, -0.2) is 30.5 Å². The highest BCUT2D eigenvalue weighted by molar-refractivity contribution is 9.10. The summed E-state index contributed by atoms with van der Waals surface area (Å²) in [5.41, 5.74) is 1.21. The van der Waals surface area contributed by atoms with Crippen molar-refractivity contribution >= 4 is 15.9 Å². The summed E-state index contributed by atoms with van der Waals surface area (Å²) in [6.07, 6.45) is 4.75. The molecule has 1 aliphatic rings. The third-order valence-corrected chi connectivity index (χ3v) is 4.33. The fraction of sp³-hybridized carbons (Fsp3) is 0.625. The van der Waals surface area contributed by atoms with E-state index in [0.717, 1.165) is 17.3 Å². The molecule has 0 saturated heterocycles. The molecule has 0 aliphatic heterocycles. The van der Waals surface area contributed by atoms with Gasteiger partial charge in [-0.15, -0.1) is 0 Å². The van der Waals surface area contributed by atoms with Crippen LogP contribution < -0.4 is 5.32 Å². The molecule has 4 heteroatoms. The molecule has 112 valence electrons. The van der Waals surface area contributed by atoms with E-state index in [2.05, 4.69) is 40.3 Å². The van der Waals surface area contributed by atoms with E-state index in [0.29, 0.717) is 19.3 Å². The van der Waals surface area contributed by atoms with Gasteiger partial charge in [0.25, 0.3) is 0 Å². The number of aliphatic hydroxyl groups excluding tert-OH is 1. The van der Waals surface area contributed by atoms with Crippen LogP contribution in [0.15, 0.2) is 28.7 Å². The zero-order valence-electron chi connectivity index (χ0n) is 12.0. The molecule has 0 spiro atoms. The van der Waals surface area contributed by atoms with Gasteiger partial charge in [-0.05, 0) is 37.5 Å². The molecule has 2 N–H and O–H groups in total. The molecular weight excluding hydrogens is 318 g/mol. The average Bonchev–Trinajstić information content (AvgIpc) is 2.95. The van der Waals surface area contributed by atoms with E-state index >= 15 is 0 Å². The Morgan fingerprint density at radius 1 is 1.40 bits per heavy atom. The van der Waals surface area contributed by atoms with Gasteiger partial charge in [-0.3, -0.25) is 0 Å². The second-order valence-electron chi connectivity index (χ2n) is 5.58. The first kappa shape index (κ1) is 16.0. The molecule has 2 rings (SSSR count). The minimum Gasteiger partial charge on any atom is -0.389 e. The van der Waals surface area contributed by atoms with E-state index in [1.165, 1.54) is 18.4 Å². The van der Waals surface area contributed by atoms with E-state index in [9.17, 15) is 5.11 Å². The van der Waals surface area contributed by atoms with Crippen LogP contribution >= 0.6 is 15.9 Å². The Bertz CT molecular complexity index is 407. The molecule has 0 heterocycles. The molecule has 1 aromatic rings. The van der Waals surface area contributed by atoms with Crippen molar-refractivity contribution in [1.82, 2.24) is 5.32 Å². The van der Waals surface area contributed by atoms with Crippen LogP contribution in [0.1, 0.15) is 44.2 Å². The second kappa shape index (κ2) is 8.13. The Balaban J connectivity index is 1.68. The van der Waals surface area contributed by atoms with E-state index in [4.69, 9.17) is 4.74 Å². The zero-order valence-corrected chi connectivity index (χ0v) is 13.6. The molecule has 0 radical (unpaired) electrons. The number of halogens is 1. The summed E-state index contributed by atoms with van der Waals surface area (Å²) < 4.78 is 6.80. The third kappa shape index (κ3) is 5.17. The Hall–Kier alpha value is -0.420. The molecule has 1 aliphatic carbocycles. The third-order valence-electron chi connectivity index (χ3n) is 3.83. The van der Waals surface area contributed by atoms with Crippen LogP contribution in [0.5, 0.6) is 0 Å². The molecule has 1 saturated carbocycles. The van der Waals surface area contributed by atoms with Gasteiger partial charge in [0, 0.05) is 17.1 Å². The van der Waals surface area contributed by atoms with Gasteiger partial charge >= 0.3 is 0 Å². The predicted molar refractivity (Wildman–Crippen MR) is 84.8 cm³/mol. The maximum atomic E-state index is 9.96. The van der Waals surface area contributed by atoms with Crippen molar-refractivity contribution in [2.45, 2.75) is 50.9 Å². The van der Waals surface area contributed by atoms with Crippen molar-refractivity contribution in [2.24, 2.45) is 0 Å². The van der Waals surface area contributed by atoms with Crippen LogP contribution in [0.25, 0.3) is 0 Å². The lowest BCUT2D eigenvalue weighted by atomic mass is 10.1. The van der Waals surface area contributed by atoms with E-state index in [1.54, 1.807) is 0 Å². The van der Waals surface area contributed by atoms with Crippen molar-refractivity contribution in [3.05, 3.63) is 34.3 Å². The number of aliphatic hydroxyl groups is 1. The van der Waals surface area contributed by atoms with Crippen molar-refractivity contribution < 1.29 is 9.84 Å². The average molecular weight is 342 g/mol. The molecule has 0 amide bonds. The van der Waals surface area contributed by atoms with Gasteiger partial charge in [-0.25, -0.2) is 0 Å². The van der Waals surface area contributed by atoms with E-state index in [1.807, 2.05) is 12.1 Å². The van der Waals surface area contributed by atoms with Gasteiger partial charge in [0.15, 0.2) is 0 Å². The minimum absolute atomic E-state index is 0.216. The highest BCUT2D eigenvalue weighted by atomic mass is 79.9. The number of nitrogens with one attached hydrogen (secondary N) is 1. The van der Waals surface area contributed by atoms with Crippen LogP contribution in [0.4, 0.5) is 0 Å². The second-order valence-corrected chi connectivity index (χ2v) is 6.49. The molecule has 2 atom stereocenters. The number of hydrogen-bond acceptors (Lipinski definition) is 3. The van der Waals surface area contributed by atoms with Crippen LogP contribution in [0.3, 0.4) is 0 Å². The number of ether oxygens (including phenoxy) is 1. The van der Waals surface area contributed by atoms with Crippen molar-refractivity contribution in [2.75, 3.05) is 13.2 Å². The molecule has 0 bridgehead atoms. The summed E-state index contributed by atoms with van der Waals surface area (Å²) in [5.74, 6) is 0. The smallest absolute Gasteiger partial charge is 0.0898 e. The highest BCUT2D eigenvalue weighted by Crippen LogP contribution is 2.21. The first-order valence-corrected chi connectivity index (χ1v) is 8.23. The Morgan fingerprint density at radius 3 is 2.85 bits per heavy atom. The highest BCUT2D eigenvalue weighted by Gasteiger charge is 2.17. The molecule has 1 fully saturated rings. The summed E-state index contributed by atoms with van der Waals surface area (Å²) in [6.45, 7) is 3.09. The molecule has 20 heavy (non-hydrogen) atoms. The van der Waals surface area contributed by atoms with Gasteiger partial charge in [0.1, 0.15) is 0 Å². The van der Waals surface area contributed by atoms with Gasteiger partial charge in [0.2, 0.25) is 0 Å². The SMILES string of the molecule is C[C@H](NCC(O)COC1CCCC1)c1cccc(Br)c1. The maximum Gasteiger partial charge on any atom is 0.0898 e. The minimum atomic E-state index is -0.440. The molecule has 0 aromatic heterocycles. The number of hydrogen-bond donors (Lipinski definition) is 2. The fourth-order valence-corrected chi connectivity index (χ4v) is 2.98. The van der Waals surface area contributed by atoms with E-state index < -0.39 is 6.10 Å². The van der Waals surface area contributed by atoms with Gasteiger partial charge in [-0.1, -0.05) is 40.9 Å². The fourth-order valence-electron chi connectivity index (χ4n) is 2.57. The quantitative estimate of drug-likeness (QED) is 0.798. The molecular formula is C16H24BrNO2. The molecule has 3 nitrogen and oxygen atoms in total. The summed E-state index contributed by atoms with van der Waals surface area (Å²) in [7, 11) is 0. The standard InChI is InChI=1S/C16H24BrNO2/c1-12(13-5-4-6-14(17)9-13)18-10-15(19)11-20-16-7-2-3-8-16/h4-6,9,12,15-16,18-19H,2-3,7-8,10-11H2,1H3/t12-,15?/m0/s1. The molecule has 1 unspecified atom stereocenters. The topological polar surface area (TPSA) is 41.5 Å². The normalized spacial score (nSPS) is 19.1. The molecule has 1 aromatic carbocycles. The van der Waals surface area contributed by atoms with Crippen LogP contribution in [0, 0.1) is 0 Å². The van der Waals surface area contributed by atoms with Crippen LogP contribution in [0.2, 0.25) is 0 Å². The Morgan fingerprint density at radius 2 is 2.15 bits per heavy atom. The summed E-state index contributed by atoms with van der Waals surface area (Å²) >= 11 is 3.48. The summed E-state index contributed by atoms with van der Waals surface area (Å²) in [4.78, 5) is 0. The van der Waals surface area contributed by atoms with Crippen LogP contribution in [-0.2, 0) is 4.74 Å². The largest absolute Gasteiger partial charge is 0.389 e. The monoisotopic (exact) mass is 341 g/mol. The lowest BCUT2D eigenvalue weighted by Gasteiger charge is -2.19. The summed E-state index contributed by atoms with van der Waals surface area (Å²) in [6, 6.07) is 8.44. The van der Waals surface area contributed by atoms with Crippen molar-refractivity contribution in [1.29, 1.82) is 0 Å². The van der Waals surface area contributed by atoms with Gasteiger partial charge in [0.05, 0.1) is 18.8 Å². The Kier molecular flexibility index (Phi) is 6.49. The maximum absolute atomic E-state index is 9.96. The number of rotatable bonds is 7. The zero-order chi connectivity index (χ0) is 14.4. The van der Waals surface area contributed by atoms with Crippen molar-refractivity contribution in [3.8, 4) is 0 Å². The van der Waals surface area contributed by atoms with Gasteiger partial charge in [-0.2, -0.15) is 0 Å². The lowest BCUT2D eigenvalue weighted by Crippen LogP contribution is -2.33. The van der Waals surface area contributed by atoms with Gasteiger partial charge < -0.3 is 15.2 Å². The summed E-state index contributed by atoms with van der Waals surface area (Å²) in [5, 5.41) is 13.3. The first-order chi connectivity index (χ1) is 9.65. The predicted octanol–water partition coefficient (Wildman–Crippen LogP) is 3.42.